The van der Waals surface area contributed by atoms with Crippen molar-refractivity contribution in [3.05, 3.63) is 83.5 Å². The zero-order valence-corrected chi connectivity index (χ0v) is 23.4. The second kappa shape index (κ2) is 14.5. The zero-order chi connectivity index (χ0) is 28.3. The molecule has 0 bridgehead atoms. The van der Waals surface area contributed by atoms with E-state index >= 15 is 0 Å². The highest BCUT2D eigenvalue weighted by atomic mass is 35.5. The number of amides is 3. The highest BCUT2D eigenvalue weighted by molar-refractivity contribution is 6.30. The highest BCUT2D eigenvalue weighted by Gasteiger charge is 2.35. The van der Waals surface area contributed by atoms with E-state index in [9.17, 15) is 14.4 Å². The predicted molar refractivity (Wildman–Crippen MR) is 156 cm³/mol. The molecule has 1 atom stereocenters. The third kappa shape index (κ3) is 7.82. The van der Waals surface area contributed by atoms with Gasteiger partial charge in [-0.1, -0.05) is 54.8 Å². The van der Waals surface area contributed by atoms with Crippen LogP contribution in [0.3, 0.4) is 0 Å². The number of carbonyl (C=O) groups excluding carboxylic acids is 3. The number of halogens is 1. The average Bonchev–Trinajstić information content (AvgIpc) is 3.46. The fourth-order valence-corrected chi connectivity index (χ4v) is 5.05. The summed E-state index contributed by atoms with van der Waals surface area (Å²) < 4.78 is 5.88. The largest absolute Gasteiger partial charge is 0.492 e. The Bertz CT molecular complexity index is 1280. The minimum Gasteiger partial charge on any atom is -0.492 e. The van der Waals surface area contributed by atoms with Crippen molar-refractivity contribution in [1.29, 1.82) is 0 Å². The standard InChI is InChI=1S/C31H35ClN4O4/c1-2-40-26-13-6-5-12-25(26)36(29(38)16-9-15-28(37)35-27-14-7-8-21-33-27)30(22-17-19-23(32)20-18-22)31(39)34-24-10-3-4-11-24/h5-8,12-14,17-21,24,30H,2-4,9-11,15-16H2,1H3,(H,34,39)(H,33,35,37). The van der Waals surface area contributed by atoms with E-state index < -0.39 is 6.04 Å². The lowest BCUT2D eigenvalue weighted by molar-refractivity contribution is -0.127. The quantitative estimate of drug-likeness (QED) is 0.279. The van der Waals surface area contributed by atoms with Gasteiger partial charge in [0.25, 0.3) is 0 Å². The third-order valence-corrected chi connectivity index (χ3v) is 7.07. The molecule has 8 nitrogen and oxygen atoms in total. The van der Waals surface area contributed by atoms with E-state index in [0.717, 1.165) is 25.7 Å². The van der Waals surface area contributed by atoms with Crippen LogP contribution in [-0.4, -0.2) is 35.4 Å². The molecule has 1 aromatic heterocycles. The smallest absolute Gasteiger partial charge is 0.248 e. The Morgan fingerprint density at radius 2 is 1.73 bits per heavy atom. The van der Waals surface area contributed by atoms with Gasteiger partial charge in [-0.15, -0.1) is 0 Å². The molecule has 1 aliphatic carbocycles. The van der Waals surface area contributed by atoms with E-state index in [0.29, 0.717) is 40.9 Å². The highest BCUT2D eigenvalue weighted by Crippen LogP contribution is 2.36. The first-order valence-corrected chi connectivity index (χ1v) is 14.1. The third-order valence-electron chi connectivity index (χ3n) is 6.81. The Kier molecular flexibility index (Phi) is 10.5. The van der Waals surface area contributed by atoms with E-state index in [1.54, 1.807) is 60.8 Å². The molecule has 1 unspecified atom stereocenters. The van der Waals surface area contributed by atoms with Gasteiger partial charge in [0.15, 0.2) is 0 Å². The first-order chi connectivity index (χ1) is 19.5. The van der Waals surface area contributed by atoms with Gasteiger partial charge in [-0.25, -0.2) is 4.98 Å². The lowest BCUT2D eigenvalue weighted by atomic mass is 10.0. The van der Waals surface area contributed by atoms with Gasteiger partial charge in [0.2, 0.25) is 17.7 Å². The number of hydrogen-bond donors (Lipinski definition) is 2. The van der Waals surface area contributed by atoms with Crippen LogP contribution >= 0.6 is 11.6 Å². The minimum absolute atomic E-state index is 0.0525. The molecular weight excluding hydrogens is 528 g/mol. The number of rotatable bonds is 12. The zero-order valence-electron chi connectivity index (χ0n) is 22.6. The molecule has 9 heteroatoms. The topological polar surface area (TPSA) is 101 Å². The fraction of sp³-hybridized carbons (Fsp3) is 0.355. The second-order valence-corrected chi connectivity index (χ2v) is 10.2. The van der Waals surface area contributed by atoms with Crippen LogP contribution in [0.4, 0.5) is 11.5 Å². The number of carbonyl (C=O) groups is 3. The molecule has 0 saturated heterocycles. The van der Waals surface area contributed by atoms with Crippen LogP contribution in [0.1, 0.15) is 63.5 Å². The molecule has 4 rings (SSSR count). The maximum Gasteiger partial charge on any atom is 0.248 e. The van der Waals surface area contributed by atoms with Crippen LogP contribution in [0.15, 0.2) is 72.9 Å². The first-order valence-electron chi connectivity index (χ1n) is 13.8. The molecule has 40 heavy (non-hydrogen) atoms. The number of ether oxygens (including phenoxy) is 1. The minimum atomic E-state index is -0.950. The number of hydrogen-bond acceptors (Lipinski definition) is 5. The van der Waals surface area contributed by atoms with E-state index in [4.69, 9.17) is 16.3 Å². The maximum absolute atomic E-state index is 14.0. The van der Waals surface area contributed by atoms with Crippen molar-refractivity contribution in [2.45, 2.75) is 64.0 Å². The number of anilines is 2. The van der Waals surface area contributed by atoms with Crippen molar-refractivity contribution in [3.63, 3.8) is 0 Å². The summed E-state index contributed by atoms with van der Waals surface area (Å²) in [6.45, 7) is 2.26. The number of pyridine rings is 1. The Morgan fingerprint density at radius 3 is 2.42 bits per heavy atom. The molecule has 0 radical (unpaired) electrons. The van der Waals surface area contributed by atoms with Crippen molar-refractivity contribution < 1.29 is 19.1 Å². The van der Waals surface area contributed by atoms with E-state index in [-0.39, 0.29) is 36.6 Å². The SMILES string of the molecule is CCOc1ccccc1N(C(=O)CCCC(=O)Nc1ccccn1)C(C(=O)NC1CCCC1)c1ccc(Cl)cc1. The molecule has 2 N–H and O–H groups in total. The predicted octanol–water partition coefficient (Wildman–Crippen LogP) is 6.08. The van der Waals surface area contributed by atoms with Crippen molar-refractivity contribution in [3.8, 4) is 5.75 Å². The van der Waals surface area contributed by atoms with Gasteiger partial charge >= 0.3 is 0 Å². The molecule has 1 heterocycles. The van der Waals surface area contributed by atoms with Gasteiger partial charge in [0.1, 0.15) is 17.6 Å². The summed E-state index contributed by atoms with van der Waals surface area (Å²) >= 11 is 6.17. The molecular formula is C31H35ClN4O4. The van der Waals surface area contributed by atoms with Gasteiger partial charge < -0.3 is 15.4 Å². The van der Waals surface area contributed by atoms with Gasteiger partial charge in [-0.05, 0) is 68.1 Å². The Labute approximate surface area is 240 Å². The van der Waals surface area contributed by atoms with E-state index in [2.05, 4.69) is 15.6 Å². The van der Waals surface area contributed by atoms with Crippen LogP contribution in [0.25, 0.3) is 0 Å². The lowest BCUT2D eigenvalue weighted by Crippen LogP contribution is -2.46. The summed E-state index contributed by atoms with van der Waals surface area (Å²) in [5.74, 6) is 0.165. The van der Waals surface area contributed by atoms with Crippen LogP contribution in [0, 0.1) is 0 Å². The number of nitrogens with one attached hydrogen (secondary N) is 2. The molecule has 3 aromatic rings. The molecule has 210 valence electrons. The van der Waals surface area contributed by atoms with Crippen molar-refractivity contribution in [2.75, 3.05) is 16.8 Å². The van der Waals surface area contributed by atoms with Crippen molar-refractivity contribution in [2.24, 2.45) is 0 Å². The van der Waals surface area contributed by atoms with Crippen LogP contribution in [0.2, 0.25) is 5.02 Å². The van der Waals surface area contributed by atoms with Crippen LogP contribution in [0.5, 0.6) is 5.75 Å². The number of nitrogens with zero attached hydrogens (tertiary/aromatic N) is 2. The monoisotopic (exact) mass is 562 g/mol. The second-order valence-electron chi connectivity index (χ2n) is 9.73. The van der Waals surface area contributed by atoms with Crippen LogP contribution in [-0.2, 0) is 14.4 Å². The number of benzene rings is 2. The molecule has 3 amide bonds. The first kappa shape index (κ1) is 29.1. The lowest BCUT2D eigenvalue weighted by Gasteiger charge is -2.33. The maximum atomic E-state index is 14.0. The summed E-state index contributed by atoms with van der Waals surface area (Å²) in [5, 5.41) is 6.45. The van der Waals surface area contributed by atoms with Gasteiger partial charge in [0.05, 0.1) is 12.3 Å². The Hall–Kier alpha value is -3.91. The molecule has 1 saturated carbocycles. The molecule has 1 aliphatic rings. The molecule has 0 aliphatic heterocycles. The Morgan fingerprint density at radius 1 is 1.00 bits per heavy atom. The fourth-order valence-electron chi connectivity index (χ4n) is 4.93. The van der Waals surface area contributed by atoms with Gasteiger partial charge in [0, 0.05) is 30.1 Å². The summed E-state index contributed by atoms with van der Waals surface area (Å²) in [4.78, 5) is 46.0. The average molecular weight is 563 g/mol. The number of para-hydroxylation sites is 2. The van der Waals surface area contributed by atoms with E-state index in [1.807, 2.05) is 19.1 Å². The summed E-state index contributed by atoms with van der Waals surface area (Å²) in [5.41, 5.74) is 1.13. The number of aromatic nitrogens is 1. The summed E-state index contributed by atoms with van der Waals surface area (Å²) in [7, 11) is 0. The van der Waals surface area contributed by atoms with Crippen LogP contribution < -0.4 is 20.3 Å². The van der Waals surface area contributed by atoms with Crippen molar-refractivity contribution in [1.82, 2.24) is 10.3 Å². The Balaban J connectivity index is 1.62. The summed E-state index contributed by atoms with van der Waals surface area (Å²) in [6, 6.07) is 18.5. The van der Waals surface area contributed by atoms with E-state index in [1.165, 1.54) is 4.90 Å². The molecule has 0 spiro atoms. The summed E-state index contributed by atoms with van der Waals surface area (Å²) in [6.07, 6.45) is 6.02. The molecule has 1 fully saturated rings. The van der Waals surface area contributed by atoms with Crippen molar-refractivity contribution >= 4 is 40.8 Å². The normalized spacial score (nSPS) is 13.8. The molecule has 2 aromatic carbocycles. The van der Waals surface area contributed by atoms with Gasteiger partial charge in [-0.2, -0.15) is 0 Å². The van der Waals surface area contributed by atoms with Gasteiger partial charge in [-0.3, -0.25) is 19.3 Å².